The number of rotatable bonds is 2. The van der Waals surface area contributed by atoms with Crippen molar-refractivity contribution in [2.24, 2.45) is 0 Å². The summed E-state index contributed by atoms with van der Waals surface area (Å²) in [5, 5.41) is 12.8. The molecule has 5 nitrogen and oxygen atoms in total. The minimum atomic E-state index is -4.48. The summed E-state index contributed by atoms with van der Waals surface area (Å²) < 4.78 is 35.8. The minimum Gasteiger partial charge on any atom is -0.358 e. The summed E-state index contributed by atoms with van der Waals surface area (Å²) in [6, 6.07) is 0. The van der Waals surface area contributed by atoms with Crippen molar-refractivity contribution in [3.63, 3.8) is 0 Å². The van der Waals surface area contributed by atoms with E-state index >= 15 is 0 Å². The highest BCUT2D eigenvalue weighted by Crippen LogP contribution is 2.24. The Morgan fingerprint density at radius 3 is 2.57 bits per heavy atom. The third kappa shape index (κ3) is 2.59. The molecule has 0 saturated carbocycles. The van der Waals surface area contributed by atoms with Gasteiger partial charge in [-0.05, 0) is 4.92 Å². The smallest absolute Gasteiger partial charge is 0.358 e. The van der Waals surface area contributed by atoms with Crippen LogP contribution in [0, 0.1) is 10.1 Å². The van der Waals surface area contributed by atoms with Crippen LogP contribution >= 0.6 is 11.6 Å². The number of nitrogens with zero attached hydrogens (tertiary/aromatic N) is 3. The zero-order chi connectivity index (χ0) is 10.9. The zero-order valence-corrected chi connectivity index (χ0v) is 7.21. The molecule has 0 aliphatic carbocycles. The van der Waals surface area contributed by atoms with Gasteiger partial charge in [0.05, 0.1) is 11.3 Å². The molecule has 1 heterocycles. The fourth-order valence-corrected chi connectivity index (χ4v) is 0.995. The number of hydrogen-bond acceptors (Lipinski definition) is 3. The molecular formula is C5H3ClF3N3O2. The SMILES string of the molecule is O=[N+]([O-])c1nn(CC(F)(F)F)cc1Cl. The summed E-state index contributed by atoms with van der Waals surface area (Å²) in [5.74, 6) is -0.782. The van der Waals surface area contributed by atoms with Crippen LogP contribution in [0.25, 0.3) is 0 Å². The molecule has 0 bridgehead atoms. The lowest BCUT2D eigenvalue weighted by Crippen LogP contribution is -2.18. The lowest BCUT2D eigenvalue weighted by Gasteiger charge is -2.01. The second-order valence-corrected chi connectivity index (χ2v) is 2.78. The Labute approximate surface area is 80.2 Å². The van der Waals surface area contributed by atoms with Gasteiger partial charge in [-0.1, -0.05) is 11.6 Å². The van der Waals surface area contributed by atoms with Crippen LogP contribution in [0.1, 0.15) is 0 Å². The van der Waals surface area contributed by atoms with Gasteiger partial charge in [0, 0.05) is 0 Å². The standard InChI is InChI=1S/C5H3ClF3N3O2/c6-3-1-11(2-5(7,8)9)10-4(3)12(13)14/h1H,2H2. The first-order chi connectivity index (χ1) is 6.29. The van der Waals surface area contributed by atoms with Crippen LogP contribution in [0.4, 0.5) is 19.0 Å². The molecule has 1 aromatic heterocycles. The minimum absolute atomic E-state index is 0.375. The number of hydrogen-bond donors (Lipinski definition) is 0. The molecule has 0 aliphatic rings. The summed E-state index contributed by atoms with van der Waals surface area (Å²) >= 11 is 5.28. The molecule has 78 valence electrons. The average Bonchev–Trinajstić information content (AvgIpc) is 2.26. The monoisotopic (exact) mass is 229 g/mol. The normalized spacial score (nSPS) is 11.7. The van der Waals surface area contributed by atoms with E-state index in [4.69, 9.17) is 11.6 Å². The third-order valence-electron chi connectivity index (χ3n) is 1.21. The molecule has 1 aromatic rings. The maximum Gasteiger partial charge on any atom is 0.409 e. The highest BCUT2D eigenvalue weighted by atomic mass is 35.5. The predicted octanol–water partition coefficient (Wildman–Crippen LogP) is 2.01. The van der Waals surface area contributed by atoms with Crippen molar-refractivity contribution in [2.45, 2.75) is 12.7 Å². The van der Waals surface area contributed by atoms with Crippen LogP contribution < -0.4 is 0 Å². The lowest BCUT2D eigenvalue weighted by molar-refractivity contribution is -0.389. The molecule has 14 heavy (non-hydrogen) atoms. The maximum absolute atomic E-state index is 11.8. The van der Waals surface area contributed by atoms with Gasteiger partial charge in [0.25, 0.3) is 0 Å². The number of alkyl halides is 3. The van der Waals surface area contributed by atoms with Crippen molar-refractivity contribution >= 4 is 17.4 Å². The van der Waals surface area contributed by atoms with Crippen molar-refractivity contribution in [3.8, 4) is 0 Å². The molecule has 0 N–H and O–H groups in total. The quantitative estimate of drug-likeness (QED) is 0.576. The number of halogens is 4. The summed E-state index contributed by atoms with van der Waals surface area (Å²) in [4.78, 5) is 9.22. The van der Waals surface area contributed by atoms with Crippen LogP contribution in [0.2, 0.25) is 5.02 Å². The molecule has 0 spiro atoms. The molecule has 9 heteroatoms. The van der Waals surface area contributed by atoms with E-state index in [0.29, 0.717) is 4.68 Å². The Hall–Kier alpha value is -1.31. The largest absolute Gasteiger partial charge is 0.409 e. The first-order valence-corrected chi connectivity index (χ1v) is 3.61. The zero-order valence-electron chi connectivity index (χ0n) is 6.45. The number of nitro groups is 1. The second kappa shape index (κ2) is 3.45. The second-order valence-electron chi connectivity index (χ2n) is 2.37. The average molecular weight is 230 g/mol. The van der Waals surface area contributed by atoms with Gasteiger partial charge in [0.15, 0.2) is 11.6 Å². The van der Waals surface area contributed by atoms with E-state index < -0.39 is 28.5 Å². The Balaban J connectivity index is 2.92. The van der Waals surface area contributed by atoms with E-state index in [0.717, 1.165) is 6.20 Å². The molecule has 0 radical (unpaired) electrons. The van der Waals surface area contributed by atoms with Gasteiger partial charge in [0.2, 0.25) is 0 Å². The molecule has 0 fully saturated rings. The predicted molar refractivity (Wildman–Crippen MR) is 39.9 cm³/mol. The van der Waals surface area contributed by atoms with Crippen molar-refractivity contribution in [2.75, 3.05) is 0 Å². The van der Waals surface area contributed by atoms with Gasteiger partial charge in [-0.3, -0.25) is 0 Å². The maximum atomic E-state index is 11.8. The van der Waals surface area contributed by atoms with Gasteiger partial charge in [0.1, 0.15) is 0 Å². The summed E-state index contributed by atoms with van der Waals surface area (Å²) in [6.45, 7) is -1.40. The van der Waals surface area contributed by atoms with Crippen molar-refractivity contribution in [3.05, 3.63) is 21.3 Å². The van der Waals surface area contributed by atoms with Crippen LogP contribution in [-0.4, -0.2) is 20.9 Å². The van der Waals surface area contributed by atoms with Gasteiger partial charge >= 0.3 is 12.0 Å². The van der Waals surface area contributed by atoms with E-state index in [1.165, 1.54) is 0 Å². The van der Waals surface area contributed by atoms with Gasteiger partial charge < -0.3 is 10.1 Å². The summed E-state index contributed by atoms with van der Waals surface area (Å²) in [5.41, 5.74) is 0. The molecule has 1 rings (SSSR count). The van der Waals surface area contributed by atoms with Gasteiger partial charge in [-0.15, -0.1) is 0 Å². The van der Waals surface area contributed by atoms with Crippen LogP contribution in [0.3, 0.4) is 0 Å². The number of aromatic nitrogens is 2. The van der Waals surface area contributed by atoms with Gasteiger partial charge in [-0.2, -0.15) is 17.9 Å². The fraction of sp³-hybridized carbons (Fsp3) is 0.400. The van der Waals surface area contributed by atoms with Crippen LogP contribution in [0.5, 0.6) is 0 Å². The molecular weight excluding hydrogens is 227 g/mol. The molecule has 0 saturated heterocycles. The Kier molecular flexibility index (Phi) is 2.65. The molecule has 0 atom stereocenters. The third-order valence-corrected chi connectivity index (χ3v) is 1.48. The Morgan fingerprint density at radius 1 is 1.64 bits per heavy atom. The first kappa shape index (κ1) is 10.8. The molecule has 0 unspecified atom stereocenters. The summed E-state index contributed by atoms with van der Waals surface area (Å²) in [6.07, 6.45) is -3.73. The van der Waals surface area contributed by atoms with E-state index in [1.54, 1.807) is 0 Å². The first-order valence-electron chi connectivity index (χ1n) is 3.23. The highest BCUT2D eigenvalue weighted by Gasteiger charge is 2.31. The van der Waals surface area contributed by atoms with Crippen LogP contribution in [0.15, 0.2) is 6.20 Å². The molecule has 0 aliphatic heterocycles. The topological polar surface area (TPSA) is 61.0 Å². The fourth-order valence-electron chi connectivity index (χ4n) is 0.775. The van der Waals surface area contributed by atoms with Crippen molar-refractivity contribution < 1.29 is 18.1 Å². The van der Waals surface area contributed by atoms with Crippen molar-refractivity contribution in [1.82, 2.24) is 9.78 Å². The molecule has 0 amide bonds. The summed E-state index contributed by atoms with van der Waals surface area (Å²) in [7, 11) is 0. The molecule has 0 aromatic carbocycles. The van der Waals surface area contributed by atoms with E-state index in [1.807, 2.05) is 0 Å². The van der Waals surface area contributed by atoms with E-state index in [-0.39, 0.29) is 0 Å². The van der Waals surface area contributed by atoms with E-state index in [2.05, 4.69) is 5.10 Å². The Morgan fingerprint density at radius 2 is 2.21 bits per heavy atom. The van der Waals surface area contributed by atoms with Crippen molar-refractivity contribution in [1.29, 1.82) is 0 Å². The highest BCUT2D eigenvalue weighted by molar-refractivity contribution is 6.32. The van der Waals surface area contributed by atoms with E-state index in [9.17, 15) is 23.3 Å². The van der Waals surface area contributed by atoms with Crippen LogP contribution in [-0.2, 0) is 6.54 Å². The Bertz CT molecular complexity index is 362. The van der Waals surface area contributed by atoms with Gasteiger partial charge in [-0.25, -0.2) is 0 Å². The lowest BCUT2D eigenvalue weighted by atomic mass is 10.6.